The molecule has 2 N–H and O–H groups in total. The van der Waals surface area contributed by atoms with Gasteiger partial charge in [-0.25, -0.2) is 4.79 Å². The van der Waals surface area contributed by atoms with Crippen LogP contribution in [0.15, 0.2) is 54.7 Å². The molecule has 1 aliphatic heterocycles. The largest absolute Gasteiger partial charge is 0.481 e. The first kappa shape index (κ1) is 18.9. The van der Waals surface area contributed by atoms with Gasteiger partial charge >= 0.3 is 12.0 Å². The van der Waals surface area contributed by atoms with Gasteiger partial charge in [-0.3, -0.25) is 9.78 Å². The lowest BCUT2D eigenvalue weighted by Gasteiger charge is -2.35. The van der Waals surface area contributed by atoms with Gasteiger partial charge in [-0.1, -0.05) is 43.3 Å². The molecule has 1 aromatic heterocycles. The van der Waals surface area contributed by atoms with Gasteiger partial charge in [0.25, 0.3) is 0 Å². The average Bonchev–Trinajstić information content (AvgIpc) is 2.68. The molecule has 6 nitrogen and oxygen atoms in total. The number of carbonyl (C=O) groups excluding carboxylic acids is 1. The fourth-order valence-corrected chi connectivity index (χ4v) is 3.60. The van der Waals surface area contributed by atoms with Crippen molar-refractivity contribution < 1.29 is 14.7 Å². The zero-order chi connectivity index (χ0) is 19.2. The van der Waals surface area contributed by atoms with Gasteiger partial charge in [0.15, 0.2) is 0 Å². The predicted molar refractivity (Wildman–Crippen MR) is 102 cm³/mol. The first-order valence-electron chi connectivity index (χ1n) is 9.26. The number of rotatable bonds is 5. The highest BCUT2D eigenvalue weighted by Crippen LogP contribution is 2.23. The van der Waals surface area contributed by atoms with Gasteiger partial charge in [-0.15, -0.1) is 0 Å². The van der Waals surface area contributed by atoms with Crippen molar-refractivity contribution in [2.75, 3.05) is 13.1 Å². The van der Waals surface area contributed by atoms with Crippen molar-refractivity contribution in [2.24, 2.45) is 11.8 Å². The lowest BCUT2D eigenvalue weighted by atomic mass is 9.90. The number of carboxylic acids is 1. The van der Waals surface area contributed by atoms with Crippen molar-refractivity contribution in [3.05, 3.63) is 66.0 Å². The van der Waals surface area contributed by atoms with Gasteiger partial charge in [0.05, 0.1) is 12.0 Å². The van der Waals surface area contributed by atoms with Crippen molar-refractivity contribution >= 4 is 12.0 Å². The molecule has 1 aliphatic rings. The lowest BCUT2D eigenvalue weighted by molar-refractivity contribution is -0.143. The van der Waals surface area contributed by atoms with Gasteiger partial charge in [0.1, 0.15) is 0 Å². The number of carbonyl (C=O) groups is 2. The van der Waals surface area contributed by atoms with E-state index in [0.29, 0.717) is 19.4 Å². The monoisotopic (exact) mass is 367 g/mol. The Morgan fingerprint density at radius 1 is 1.19 bits per heavy atom. The van der Waals surface area contributed by atoms with E-state index in [0.717, 1.165) is 11.3 Å². The SMILES string of the molecule is C[C@@H]1C[C@H](C(=O)O)CN(C(=O)N[C@@H](Cc2ccccn2)c2ccccc2)C1. The second-order valence-corrected chi connectivity index (χ2v) is 7.22. The molecule has 0 bridgehead atoms. The van der Waals surface area contributed by atoms with Gasteiger partial charge in [-0.2, -0.15) is 0 Å². The zero-order valence-corrected chi connectivity index (χ0v) is 15.4. The maximum Gasteiger partial charge on any atom is 0.317 e. The van der Waals surface area contributed by atoms with Gasteiger partial charge in [-0.05, 0) is 30.0 Å². The molecule has 0 radical (unpaired) electrons. The molecule has 2 heterocycles. The average molecular weight is 367 g/mol. The highest BCUT2D eigenvalue weighted by atomic mass is 16.4. The number of carboxylic acid groups (broad SMARTS) is 1. The molecule has 3 atom stereocenters. The Balaban J connectivity index is 1.75. The van der Waals surface area contributed by atoms with E-state index in [1.54, 1.807) is 11.1 Å². The van der Waals surface area contributed by atoms with Crippen LogP contribution >= 0.6 is 0 Å². The summed E-state index contributed by atoms with van der Waals surface area (Å²) < 4.78 is 0. The Hall–Kier alpha value is -2.89. The summed E-state index contributed by atoms with van der Waals surface area (Å²) in [6, 6.07) is 15.0. The second kappa shape index (κ2) is 8.66. The van der Waals surface area contributed by atoms with E-state index in [2.05, 4.69) is 10.3 Å². The number of aliphatic carboxylic acids is 1. The first-order valence-corrected chi connectivity index (χ1v) is 9.26. The van der Waals surface area contributed by atoms with Gasteiger partial charge in [0.2, 0.25) is 0 Å². The van der Waals surface area contributed by atoms with Gasteiger partial charge in [0, 0.05) is 31.4 Å². The Morgan fingerprint density at radius 3 is 2.59 bits per heavy atom. The summed E-state index contributed by atoms with van der Waals surface area (Å²) in [4.78, 5) is 30.3. The number of nitrogens with zero attached hydrogens (tertiary/aromatic N) is 2. The van der Waals surface area contributed by atoms with Crippen LogP contribution in [-0.2, 0) is 11.2 Å². The number of urea groups is 1. The minimum Gasteiger partial charge on any atom is -0.481 e. The molecule has 0 saturated carbocycles. The van der Waals surface area contributed by atoms with Crippen LogP contribution in [0.1, 0.15) is 30.6 Å². The summed E-state index contributed by atoms with van der Waals surface area (Å²) in [5, 5.41) is 12.4. The third kappa shape index (κ3) is 5.06. The number of nitrogens with one attached hydrogen (secondary N) is 1. The van der Waals surface area contributed by atoms with E-state index < -0.39 is 11.9 Å². The zero-order valence-electron chi connectivity index (χ0n) is 15.4. The number of likely N-dealkylation sites (tertiary alicyclic amines) is 1. The van der Waals surface area contributed by atoms with Crippen LogP contribution in [0.3, 0.4) is 0 Å². The number of hydrogen-bond donors (Lipinski definition) is 2. The van der Waals surface area contributed by atoms with Crippen LogP contribution in [0, 0.1) is 11.8 Å². The normalized spacial score (nSPS) is 20.7. The molecule has 0 aliphatic carbocycles. The standard InChI is InChI=1S/C21H25N3O3/c1-15-11-17(20(25)26)14-24(13-15)21(27)23-19(16-7-3-2-4-8-16)12-18-9-5-6-10-22-18/h2-10,15,17,19H,11-14H2,1H3,(H,23,27)(H,25,26)/t15-,17+,19+/m1/s1. The smallest absolute Gasteiger partial charge is 0.317 e. The first-order chi connectivity index (χ1) is 13.0. The molecule has 1 saturated heterocycles. The minimum absolute atomic E-state index is 0.163. The van der Waals surface area contributed by atoms with Crippen molar-refractivity contribution in [3.63, 3.8) is 0 Å². The Kier molecular flexibility index (Phi) is 6.06. The van der Waals surface area contributed by atoms with Crippen molar-refractivity contribution in [2.45, 2.75) is 25.8 Å². The molecule has 2 aromatic rings. The minimum atomic E-state index is -0.840. The molecule has 0 spiro atoms. The summed E-state index contributed by atoms with van der Waals surface area (Å²) in [7, 11) is 0. The Labute approximate surface area is 159 Å². The van der Waals surface area contributed by atoms with Crippen molar-refractivity contribution in [1.29, 1.82) is 0 Å². The van der Waals surface area contributed by atoms with Crippen molar-refractivity contribution in [1.82, 2.24) is 15.2 Å². The lowest BCUT2D eigenvalue weighted by Crippen LogP contribution is -2.50. The molecule has 0 unspecified atom stereocenters. The number of aromatic nitrogens is 1. The molecular formula is C21H25N3O3. The van der Waals surface area contributed by atoms with E-state index in [4.69, 9.17) is 0 Å². The Bertz CT molecular complexity index is 767. The van der Waals surface area contributed by atoms with Crippen LogP contribution in [0.25, 0.3) is 0 Å². The van der Waals surface area contributed by atoms with E-state index in [1.165, 1.54) is 0 Å². The molecule has 2 amide bonds. The summed E-state index contributed by atoms with van der Waals surface area (Å²) in [5.74, 6) is -1.19. The number of pyridine rings is 1. The maximum atomic E-state index is 12.9. The number of hydrogen-bond acceptors (Lipinski definition) is 3. The fraction of sp³-hybridized carbons (Fsp3) is 0.381. The van der Waals surface area contributed by atoms with E-state index >= 15 is 0 Å². The summed E-state index contributed by atoms with van der Waals surface area (Å²) >= 11 is 0. The fourth-order valence-electron chi connectivity index (χ4n) is 3.60. The van der Waals surface area contributed by atoms with E-state index in [-0.39, 0.29) is 24.5 Å². The summed E-state index contributed by atoms with van der Waals surface area (Å²) in [5.41, 5.74) is 1.89. The van der Waals surface area contributed by atoms with Crippen LogP contribution in [0.5, 0.6) is 0 Å². The third-order valence-corrected chi connectivity index (χ3v) is 4.94. The molecule has 142 valence electrons. The van der Waals surface area contributed by atoms with Crippen LogP contribution in [-0.4, -0.2) is 40.1 Å². The highest BCUT2D eigenvalue weighted by molar-refractivity contribution is 5.77. The highest BCUT2D eigenvalue weighted by Gasteiger charge is 2.32. The van der Waals surface area contributed by atoms with Crippen LogP contribution in [0.4, 0.5) is 4.79 Å². The number of benzene rings is 1. The van der Waals surface area contributed by atoms with Crippen LogP contribution in [0.2, 0.25) is 0 Å². The third-order valence-electron chi connectivity index (χ3n) is 4.94. The summed E-state index contributed by atoms with van der Waals surface area (Å²) in [6.07, 6.45) is 2.92. The number of piperidine rings is 1. The molecule has 3 rings (SSSR count). The molecular weight excluding hydrogens is 342 g/mol. The second-order valence-electron chi connectivity index (χ2n) is 7.22. The van der Waals surface area contributed by atoms with Crippen LogP contribution < -0.4 is 5.32 Å². The molecule has 27 heavy (non-hydrogen) atoms. The maximum absolute atomic E-state index is 12.9. The molecule has 6 heteroatoms. The Morgan fingerprint density at radius 2 is 1.93 bits per heavy atom. The van der Waals surface area contributed by atoms with E-state index in [9.17, 15) is 14.7 Å². The quantitative estimate of drug-likeness (QED) is 0.851. The molecule has 1 fully saturated rings. The summed E-state index contributed by atoms with van der Waals surface area (Å²) in [6.45, 7) is 2.80. The molecule has 1 aromatic carbocycles. The van der Waals surface area contributed by atoms with Gasteiger partial charge < -0.3 is 15.3 Å². The topological polar surface area (TPSA) is 82.5 Å². The van der Waals surface area contributed by atoms with Crippen molar-refractivity contribution in [3.8, 4) is 0 Å². The number of amides is 2. The van der Waals surface area contributed by atoms with E-state index in [1.807, 2.05) is 55.5 Å². The predicted octanol–water partition coefficient (Wildman–Crippen LogP) is 3.12.